The van der Waals surface area contributed by atoms with E-state index in [1.165, 1.54) is 0 Å². The van der Waals surface area contributed by atoms with Gasteiger partial charge in [0.25, 0.3) is 5.82 Å². The molecule has 3 nitrogen and oxygen atoms in total. The van der Waals surface area contributed by atoms with Crippen LogP contribution in [0.2, 0.25) is 5.15 Å². The Labute approximate surface area is 79.8 Å². The first-order valence-corrected chi connectivity index (χ1v) is 3.97. The molecule has 0 saturated carbocycles. The van der Waals surface area contributed by atoms with Crippen molar-refractivity contribution in [2.24, 2.45) is 0 Å². The van der Waals surface area contributed by atoms with Gasteiger partial charge in [-0.05, 0) is 18.2 Å². The molecule has 0 atom stereocenters. The second kappa shape index (κ2) is 3.00. The van der Waals surface area contributed by atoms with Crippen molar-refractivity contribution in [3.8, 4) is 0 Å². The van der Waals surface area contributed by atoms with Crippen LogP contribution < -0.4 is 0 Å². The summed E-state index contributed by atoms with van der Waals surface area (Å²) in [6.45, 7) is 6.77. The lowest BCUT2D eigenvalue weighted by molar-refractivity contribution is 1.34. The molecular weight excluding hydrogens is 186 g/mol. The summed E-state index contributed by atoms with van der Waals surface area (Å²) in [5.74, 6) is 0.335. The van der Waals surface area contributed by atoms with Gasteiger partial charge in [-0.25, -0.2) is 4.98 Å². The number of fused-ring (bicyclic) bond motifs is 1. The molecule has 0 amide bonds. The first kappa shape index (κ1) is 7.96. The van der Waals surface area contributed by atoms with Crippen LogP contribution >= 0.6 is 11.6 Å². The quantitative estimate of drug-likeness (QED) is 0.471. The summed E-state index contributed by atoms with van der Waals surface area (Å²) in [5, 5.41) is 1.31. The van der Waals surface area contributed by atoms with Crippen molar-refractivity contribution in [2.75, 3.05) is 0 Å². The Hall–Kier alpha value is -1.66. The van der Waals surface area contributed by atoms with Gasteiger partial charge < -0.3 is 4.85 Å². The molecule has 0 radical (unpaired) electrons. The van der Waals surface area contributed by atoms with Crippen molar-refractivity contribution < 1.29 is 0 Å². The molecule has 0 spiro atoms. The third-order valence-electron chi connectivity index (χ3n) is 1.64. The van der Waals surface area contributed by atoms with E-state index in [-0.39, 0.29) is 0 Å². The molecule has 0 N–H and O–H groups in total. The van der Waals surface area contributed by atoms with Crippen LogP contribution in [0.5, 0.6) is 0 Å². The van der Waals surface area contributed by atoms with E-state index in [2.05, 4.69) is 14.8 Å². The molecule has 0 saturated heterocycles. The average Bonchev–Trinajstić information content (AvgIpc) is 2.16. The van der Waals surface area contributed by atoms with Crippen molar-refractivity contribution in [2.45, 2.75) is 0 Å². The zero-order valence-electron chi connectivity index (χ0n) is 6.53. The fourth-order valence-electron chi connectivity index (χ4n) is 1.04. The maximum Gasteiger partial charge on any atom is 0.271 e. The van der Waals surface area contributed by atoms with Gasteiger partial charge in [0.2, 0.25) is 0 Å². The minimum atomic E-state index is 0.335. The van der Waals surface area contributed by atoms with Crippen LogP contribution in [-0.4, -0.2) is 9.97 Å². The molecule has 2 aromatic heterocycles. The van der Waals surface area contributed by atoms with Gasteiger partial charge in [-0.2, -0.15) is 0 Å². The largest absolute Gasteiger partial charge is 0.361 e. The summed E-state index contributed by atoms with van der Waals surface area (Å²) in [7, 11) is 0. The lowest BCUT2D eigenvalue weighted by atomic mass is 10.3. The maximum absolute atomic E-state index is 6.77. The highest BCUT2D eigenvalue weighted by Gasteiger charge is 1.99. The minimum Gasteiger partial charge on any atom is -0.361 e. The zero-order chi connectivity index (χ0) is 9.26. The van der Waals surface area contributed by atoms with E-state index in [1.807, 2.05) is 6.07 Å². The summed E-state index contributed by atoms with van der Waals surface area (Å²) in [4.78, 5) is 11.2. The highest BCUT2D eigenvalue weighted by atomic mass is 35.5. The molecule has 2 rings (SSSR count). The summed E-state index contributed by atoms with van der Waals surface area (Å²) in [6.07, 6.45) is 1.62. The van der Waals surface area contributed by atoms with Gasteiger partial charge in [0.15, 0.2) is 0 Å². The van der Waals surface area contributed by atoms with Gasteiger partial charge in [0.05, 0.1) is 5.52 Å². The van der Waals surface area contributed by atoms with Gasteiger partial charge in [-0.3, -0.25) is 0 Å². The van der Waals surface area contributed by atoms with Crippen LogP contribution in [0.4, 0.5) is 5.82 Å². The van der Waals surface area contributed by atoms with Crippen LogP contribution in [0.1, 0.15) is 0 Å². The summed E-state index contributed by atoms with van der Waals surface area (Å²) < 4.78 is 0. The van der Waals surface area contributed by atoms with Gasteiger partial charge in [-0.1, -0.05) is 18.2 Å². The van der Waals surface area contributed by atoms with Crippen molar-refractivity contribution >= 4 is 28.3 Å². The Morgan fingerprint density at radius 2 is 2.23 bits per heavy atom. The van der Waals surface area contributed by atoms with E-state index in [1.54, 1.807) is 18.3 Å². The Morgan fingerprint density at radius 1 is 1.38 bits per heavy atom. The first-order valence-electron chi connectivity index (χ1n) is 3.59. The normalized spacial score (nSPS) is 9.85. The van der Waals surface area contributed by atoms with Crippen LogP contribution in [0.25, 0.3) is 15.7 Å². The van der Waals surface area contributed by atoms with Crippen molar-refractivity contribution in [3.05, 3.63) is 41.0 Å². The Morgan fingerprint density at radius 3 is 3.00 bits per heavy atom. The molecule has 2 aromatic rings. The molecular formula is C9H4ClN3. The topological polar surface area (TPSA) is 30.1 Å². The third kappa shape index (κ3) is 1.44. The zero-order valence-corrected chi connectivity index (χ0v) is 7.28. The second-order valence-electron chi connectivity index (χ2n) is 2.48. The Kier molecular flexibility index (Phi) is 1.84. The highest BCUT2D eigenvalue weighted by molar-refractivity contribution is 6.29. The molecule has 0 aliphatic carbocycles. The smallest absolute Gasteiger partial charge is 0.271 e. The van der Waals surface area contributed by atoms with Crippen LogP contribution in [-0.2, 0) is 0 Å². The number of halogens is 1. The van der Waals surface area contributed by atoms with Crippen molar-refractivity contribution in [1.29, 1.82) is 0 Å². The van der Waals surface area contributed by atoms with Gasteiger partial charge in [0, 0.05) is 5.39 Å². The standard InChI is InChI=1S/C9H4ClN3/c1-11-9-4-7-6(5-12-9)2-3-8(10)13-7/h2-5H. The average molecular weight is 190 g/mol. The first-order chi connectivity index (χ1) is 6.29. The number of aromatic nitrogens is 2. The molecule has 0 fully saturated rings. The lowest BCUT2D eigenvalue weighted by Crippen LogP contribution is -1.80. The molecule has 2 heterocycles. The number of nitrogens with zero attached hydrogens (tertiary/aromatic N) is 3. The summed E-state index contributed by atoms with van der Waals surface area (Å²) in [5.41, 5.74) is 0.702. The molecule has 62 valence electrons. The van der Waals surface area contributed by atoms with E-state index < -0.39 is 0 Å². The fraction of sp³-hybridized carbons (Fsp3) is 0. The van der Waals surface area contributed by atoms with Crippen molar-refractivity contribution in [3.63, 3.8) is 0 Å². The van der Waals surface area contributed by atoms with Crippen LogP contribution in [0, 0.1) is 6.57 Å². The summed E-state index contributed by atoms with van der Waals surface area (Å²) in [6, 6.07) is 5.14. The van der Waals surface area contributed by atoms with E-state index >= 15 is 0 Å². The van der Waals surface area contributed by atoms with E-state index in [0.29, 0.717) is 16.5 Å². The molecule has 0 unspecified atom stereocenters. The lowest BCUT2D eigenvalue weighted by Gasteiger charge is -1.95. The molecule has 13 heavy (non-hydrogen) atoms. The molecule has 0 aliphatic heterocycles. The minimum absolute atomic E-state index is 0.335. The highest BCUT2D eigenvalue weighted by Crippen LogP contribution is 2.18. The van der Waals surface area contributed by atoms with E-state index in [4.69, 9.17) is 18.2 Å². The Bertz CT molecular complexity index is 502. The molecule has 0 bridgehead atoms. The maximum atomic E-state index is 6.77. The van der Waals surface area contributed by atoms with Crippen molar-refractivity contribution in [1.82, 2.24) is 9.97 Å². The number of hydrogen-bond donors (Lipinski definition) is 0. The number of rotatable bonds is 0. The molecule has 0 aliphatic rings. The van der Waals surface area contributed by atoms with Crippen LogP contribution in [0.3, 0.4) is 0 Å². The van der Waals surface area contributed by atoms with Crippen LogP contribution in [0.15, 0.2) is 24.4 Å². The second-order valence-corrected chi connectivity index (χ2v) is 2.87. The predicted octanol–water partition coefficient (Wildman–Crippen LogP) is 2.83. The van der Waals surface area contributed by atoms with Gasteiger partial charge in [0.1, 0.15) is 11.3 Å². The molecule has 4 heteroatoms. The number of hydrogen-bond acceptors (Lipinski definition) is 2. The van der Waals surface area contributed by atoms with E-state index in [9.17, 15) is 0 Å². The predicted molar refractivity (Wildman–Crippen MR) is 50.8 cm³/mol. The summed E-state index contributed by atoms with van der Waals surface area (Å²) >= 11 is 5.71. The monoisotopic (exact) mass is 189 g/mol. The number of pyridine rings is 2. The van der Waals surface area contributed by atoms with Gasteiger partial charge >= 0.3 is 0 Å². The molecule has 0 aromatic carbocycles. The fourth-order valence-corrected chi connectivity index (χ4v) is 1.20. The van der Waals surface area contributed by atoms with Gasteiger partial charge in [-0.15, -0.1) is 4.98 Å². The SMILES string of the molecule is [C-]#[N+]c1cc2nc(Cl)ccc2cn1. The van der Waals surface area contributed by atoms with E-state index in [0.717, 1.165) is 5.39 Å². The third-order valence-corrected chi connectivity index (χ3v) is 1.85. The Balaban J connectivity index is 2.77.